The van der Waals surface area contributed by atoms with Gasteiger partial charge in [0.25, 0.3) is 0 Å². The molecule has 21 heavy (non-hydrogen) atoms. The summed E-state index contributed by atoms with van der Waals surface area (Å²) in [5.41, 5.74) is -0.300. The Balaban J connectivity index is 2.41. The third-order valence-electron chi connectivity index (χ3n) is 2.99. The van der Waals surface area contributed by atoms with Crippen molar-refractivity contribution in [1.29, 1.82) is 0 Å². The van der Waals surface area contributed by atoms with Crippen molar-refractivity contribution in [3.8, 4) is 5.75 Å². The molecule has 0 radical (unpaired) electrons. The lowest BCUT2D eigenvalue weighted by Crippen LogP contribution is -2.08. The largest absolute Gasteiger partial charge is 0.435 e. The van der Waals surface area contributed by atoms with Crippen LogP contribution in [0.3, 0.4) is 0 Å². The predicted molar refractivity (Wildman–Crippen MR) is 68.2 cm³/mol. The lowest BCUT2D eigenvalue weighted by atomic mass is 9.98. The van der Waals surface area contributed by atoms with E-state index in [4.69, 9.17) is 0 Å². The van der Waals surface area contributed by atoms with Crippen molar-refractivity contribution in [3.05, 3.63) is 64.7 Å². The second-order valence-corrected chi connectivity index (χ2v) is 4.45. The van der Waals surface area contributed by atoms with Crippen LogP contribution in [0.1, 0.15) is 22.8 Å². The van der Waals surface area contributed by atoms with Gasteiger partial charge in [0.05, 0.1) is 5.56 Å². The highest BCUT2D eigenvalue weighted by Crippen LogP contribution is 2.30. The Morgan fingerprint density at radius 1 is 1.10 bits per heavy atom. The first-order valence-electron chi connectivity index (χ1n) is 6.07. The Bertz CT molecular complexity index is 644. The second kappa shape index (κ2) is 6.13. The molecule has 2 nitrogen and oxygen atoms in total. The van der Waals surface area contributed by atoms with Crippen molar-refractivity contribution in [3.63, 3.8) is 0 Å². The number of rotatable bonds is 4. The normalized spacial score (nSPS) is 12.5. The summed E-state index contributed by atoms with van der Waals surface area (Å²) in [6, 6.07) is 7.36. The smallest absolute Gasteiger partial charge is 0.387 e. The van der Waals surface area contributed by atoms with Crippen molar-refractivity contribution >= 4 is 0 Å². The first-order valence-corrected chi connectivity index (χ1v) is 6.07. The molecule has 0 aliphatic heterocycles. The molecule has 0 aliphatic rings. The molecule has 2 aromatic carbocycles. The fourth-order valence-electron chi connectivity index (χ4n) is 1.96. The number of hydrogen-bond acceptors (Lipinski definition) is 2. The van der Waals surface area contributed by atoms with Gasteiger partial charge in [0.2, 0.25) is 0 Å². The maximum absolute atomic E-state index is 14.0. The van der Waals surface area contributed by atoms with Crippen LogP contribution >= 0.6 is 0 Å². The van der Waals surface area contributed by atoms with E-state index in [1.165, 1.54) is 31.2 Å². The molecule has 2 aromatic rings. The molecule has 0 bridgehead atoms. The van der Waals surface area contributed by atoms with E-state index in [1.807, 2.05) is 0 Å². The van der Waals surface area contributed by atoms with E-state index in [-0.39, 0.29) is 16.9 Å². The minimum Gasteiger partial charge on any atom is -0.435 e. The van der Waals surface area contributed by atoms with Gasteiger partial charge in [0.1, 0.15) is 23.5 Å². The van der Waals surface area contributed by atoms with Gasteiger partial charge < -0.3 is 9.84 Å². The van der Waals surface area contributed by atoms with E-state index < -0.39 is 29.9 Å². The molecule has 0 saturated carbocycles. The van der Waals surface area contributed by atoms with Crippen LogP contribution in [0.4, 0.5) is 17.6 Å². The van der Waals surface area contributed by atoms with Crippen molar-refractivity contribution in [2.75, 3.05) is 0 Å². The second-order valence-electron chi connectivity index (χ2n) is 4.45. The van der Waals surface area contributed by atoms with Gasteiger partial charge in [-0.15, -0.1) is 0 Å². The molecular formula is C15H12F4O2. The first-order chi connectivity index (χ1) is 9.90. The highest BCUT2D eigenvalue weighted by Gasteiger charge is 2.21. The summed E-state index contributed by atoms with van der Waals surface area (Å²) >= 11 is 0. The van der Waals surface area contributed by atoms with Gasteiger partial charge in [0, 0.05) is 0 Å². The van der Waals surface area contributed by atoms with Gasteiger partial charge in [-0.3, -0.25) is 0 Å². The fraction of sp³-hybridized carbons (Fsp3) is 0.200. The molecule has 0 aromatic heterocycles. The number of aliphatic hydroxyl groups is 1. The average molecular weight is 300 g/mol. The molecule has 0 fully saturated rings. The SMILES string of the molecule is Cc1ccc(F)c(C(O)c2cccc(OC(F)F)c2)c1F. The number of aryl methyl sites for hydroxylation is 1. The maximum Gasteiger partial charge on any atom is 0.387 e. The summed E-state index contributed by atoms with van der Waals surface area (Å²) in [6.07, 6.45) is -1.62. The number of alkyl halides is 2. The lowest BCUT2D eigenvalue weighted by molar-refractivity contribution is -0.0499. The quantitative estimate of drug-likeness (QED) is 0.866. The fourth-order valence-corrected chi connectivity index (χ4v) is 1.96. The lowest BCUT2D eigenvalue weighted by Gasteiger charge is -2.15. The van der Waals surface area contributed by atoms with Crippen LogP contribution in [0.25, 0.3) is 0 Å². The Morgan fingerprint density at radius 3 is 2.48 bits per heavy atom. The average Bonchev–Trinajstić information content (AvgIpc) is 2.43. The van der Waals surface area contributed by atoms with E-state index in [0.717, 1.165) is 12.1 Å². The van der Waals surface area contributed by atoms with Crippen LogP contribution in [-0.2, 0) is 0 Å². The number of halogens is 4. The van der Waals surface area contributed by atoms with Gasteiger partial charge >= 0.3 is 6.61 Å². The molecule has 112 valence electrons. The van der Waals surface area contributed by atoms with Crippen molar-refractivity contribution < 1.29 is 27.4 Å². The minimum atomic E-state index is -3.02. The molecule has 1 unspecified atom stereocenters. The van der Waals surface area contributed by atoms with Gasteiger partial charge in [0.15, 0.2) is 0 Å². The third-order valence-corrected chi connectivity index (χ3v) is 2.99. The maximum atomic E-state index is 14.0. The van der Waals surface area contributed by atoms with Crippen LogP contribution in [0.2, 0.25) is 0 Å². The van der Waals surface area contributed by atoms with Gasteiger partial charge in [-0.2, -0.15) is 8.78 Å². The molecule has 0 heterocycles. The Morgan fingerprint density at radius 2 is 1.81 bits per heavy atom. The van der Waals surface area contributed by atoms with Crippen LogP contribution < -0.4 is 4.74 Å². The molecule has 0 amide bonds. The summed E-state index contributed by atoms with van der Waals surface area (Å²) in [7, 11) is 0. The van der Waals surface area contributed by atoms with Crippen LogP contribution in [0, 0.1) is 18.6 Å². The Kier molecular flexibility index (Phi) is 4.47. The van der Waals surface area contributed by atoms with Crippen molar-refractivity contribution in [1.82, 2.24) is 0 Å². The number of aliphatic hydroxyl groups excluding tert-OH is 1. The summed E-state index contributed by atoms with van der Waals surface area (Å²) in [4.78, 5) is 0. The van der Waals surface area contributed by atoms with Gasteiger partial charge in [-0.05, 0) is 36.2 Å². The summed E-state index contributed by atoms with van der Waals surface area (Å²) in [6.45, 7) is -1.59. The minimum absolute atomic E-state index is 0.0524. The Labute approximate surface area is 118 Å². The van der Waals surface area contributed by atoms with Crippen molar-refractivity contribution in [2.45, 2.75) is 19.6 Å². The zero-order valence-electron chi connectivity index (χ0n) is 11.0. The molecule has 0 aliphatic carbocycles. The zero-order valence-corrected chi connectivity index (χ0v) is 11.0. The highest BCUT2D eigenvalue weighted by atomic mass is 19.3. The molecule has 6 heteroatoms. The highest BCUT2D eigenvalue weighted by molar-refractivity contribution is 5.38. The van der Waals surface area contributed by atoms with E-state index in [9.17, 15) is 22.7 Å². The number of benzene rings is 2. The molecule has 0 spiro atoms. The predicted octanol–water partition coefficient (Wildman–Crippen LogP) is 3.96. The van der Waals surface area contributed by atoms with E-state index in [2.05, 4.69) is 4.74 Å². The van der Waals surface area contributed by atoms with Gasteiger partial charge in [-0.1, -0.05) is 18.2 Å². The molecule has 1 N–H and O–H groups in total. The third kappa shape index (κ3) is 3.33. The zero-order chi connectivity index (χ0) is 15.6. The molecule has 2 rings (SSSR count). The van der Waals surface area contributed by atoms with Crippen LogP contribution in [0.15, 0.2) is 36.4 Å². The summed E-state index contributed by atoms with van der Waals surface area (Å²) in [5.74, 6) is -1.98. The summed E-state index contributed by atoms with van der Waals surface area (Å²) in [5, 5.41) is 10.1. The Hall–Kier alpha value is -2.08. The van der Waals surface area contributed by atoms with E-state index in [1.54, 1.807) is 0 Å². The molecular weight excluding hydrogens is 288 g/mol. The standard InChI is InChI=1S/C15H12F4O2/c1-8-5-6-11(16)12(13(8)17)14(20)9-3-2-4-10(7-9)21-15(18)19/h2-7,14-15,20H,1H3. The van der Waals surface area contributed by atoms with E-state index in [0.29, 0.717) is 0 Å². The van der Waals surface area contributed by atoms with Crippen LogP contribution in [0.5, 0.6) is 5.75 Å². The molecule has 0 saturated heterocycles. The topological polar surface area (TPSA) is 29.5 Å². The molecule has 1 atom stereocenters. The van der Waals surface area contributed by atoms with E-state index >= 15 is 0 Å². The first kappa shape index (κ1) is 15.3. The number of hydrogen-bond donors (Lipinski definition) is 1. The summed E-state index contributed by atoms with van der Waals surface area (Å²) < 4.78 is 56.2. The number of ether oxygens (including phenoxy) is 1. The monoisotopic (exact) mass is 300 g/mol. The van der Waals surface area contributed by atoms with Gasteiger partial charge in [-0.25, -0.2) is 8.78 Å². The van der Waals surface area contributed by atoms with Crippen LogP contribution in [-0.4, -0.2) is 11.7 Å². The van der Waals surface area contributed by atoms with Crippen molar-refractivity contribution in [2.24, 2.45) is 0 Å².